The van der Waals surface area contributed by atoms with Crippen LogP contribution in [0.5, 0.6) is 5.75 Å². The monoisotopic (exact) mass is 305 g/mol. The van der Waals surface area contributed by atoms with Gasteiger partial charge in [0.2, 0.25) is 0 Å². The smallest absolute Gasteiger partial charge is 0.333 e. The van der Waals surface area contributed by atoms with Crippen molar-refractivity contribution in [1.82, 2.24) is 9.80 Å². The number of imide groups is 2. The van der Waals surface area contributed by atoms with E-state index in [1.165, 1.54) is 14.1 Å². The van der Waals surface area contributed by atoms with Crippen molar-refractivity contribution in [3.05, 3.63) is 39.4 Å². The quantitative estimate of drug-likeness (QED) is 0.372. The van der Waals surface area contributed by atoms with Gasteiger partial charge in [0, 0.05) is 31.8 Å². The maximum Gasteiger partial charge on any atom is 0.333 e. The van der Waals surface area contributed by atoms with Crippen molar-refractivity contribution in [1.29, 1.82) is 0 Å². The summed E-state index contributed by atoms with van der Waals surface area (Å²) in [5, 5.41) is 20.5. The van der Waals surface area contributed by atoms with Crippen molar-refractivity contribution in [3.63, 3.8) is 0 Å². The van der Waals surface area contributed by atoms with Gasteiger partial charge in [-0.15, -0.1) is 0 Å². The highest BCUT2D eigenvalue weighted by Gasteiger charge is 2.37. The van der Waals surface area contributed by atoms with Crippen LogP contribution in [-0.4, -0.2) is 51.8 Å². The highest BCUT2D eigenvalue weighted by molar-refractivity contribution is 6.30. The third kappa shape index (κ3) is 2.39. The van der Waals surface area contributed by atoms with E-state index in [-0.39, 0.29) is 22.6 Å². The summed E-state index contributed by atoms with van der Waals surface area (Å²) in [7, 11) is 2.41. The molecule has 0 unspecified atom stereocenters. The topological polar surface area (TPSA) is 121 Å². The molecule has 1 aromatic carbocycles. The maximum absolute atomic E-state index is 12.0. The summed E-state index contributed by atoms with van der Waals surface area (Å²) in [6, 6.07) is 2.42. The van der Waals surface area contributed by atoms with Gasteiger partial charge in [-0.3, -0.25) is 29.5 Å². The Balaban J connectivity index is 2.54. The second-order valence-electron chi connectivity index (χ2n) is 4.57. The molecule has 1 N–H and O–H groups in total. The fourth-order valence-electron chi connectivity index (χ4n) is 1.90. The summed E-state index contributed by atoms with van der Waals surface area (Å²) in [5.41, 5.74) is -0.749. The molecule has 1 aliphatic rings. The summed E-state index contributed by atoms with van der Waals surface area (Å²) >= 11 is 0. The molecule has 0 bridgehead atoms. The van der Waals surface area contributed by atoms with Crippen molar-refractivity contribution in [2.45, 2.75) is 0 Å². The first-order valence-corrected chi connectivity index (χ1v) is 6.03. The Hall–Kier alpha value is -3.23. The van der Waals surface area contributed by atoms with E-state index in [0.717, 1.165) is 34.1 Å². The summed E-state index contributed by atoms with van der Waals surface area (Å²) in [6.45, 7) is 0. The van der Waals surface area contributed by atoms with Crippen LogP contribution in [0.25, 0.3) is 6.08 Å². The Morgan fingerprint density at radius 1 is 1.14 bits per heavy atom. The lowest BCUT2D eigenvalue weighted by Gasteiger charge is -2.28. The number of hydrogen-bond donors (Lipinski definition) is 1. The van der Waals surface area contributed by atoms with Crippen LogP contribution in [0.2, 0.25) is 0 Å². The second kappa shape index (κ2) is 5.28. The number of hydrogen-bond acceptors (Lipinski definition) is 6. The number of nitrogens with zero attached hydrogens (tertiary/aromatic N) is 3. The SMILES string of the molecule is CN1C(=O)C(=Cc2cc([N+](=O)[O-])ccc2O)C(=O)N(C)C1=O. The van der Waals surface area contributed by atoms with Gasteiger partial charge in [0.15, 0.2) is 0 Å². The Morgan fingerprint density at radius 2 is 1.68 bits per heavy atom. The predicted octanol–water partition coefficient (Wildman–Crippen LogP) is 0.734. The van der Waals surface area contributed by atoms with Gasteiger partial charge in [-0.1, -0.05) is 0 Å². The van der Waals surface area contributed by atoms with Crippen molar-refractivity contribution < 1.29 is 24.4 Å². The second-order valence-corrected chi connectivity index (χ2v) is 4.57. The maximum atomic E-state index is 12.0. The van der Waals surface area contributed by atoms with E-state index in [9.17, 15) is 29.6 Å². The molecule has 0 spiro atoms. The van der Waals surface area contributed by atoms with E-state index in [4.69, 9.17) is 0 Å². The number of nitro benzene ring substituents is 1. The van der Waals surface area contributed by atoms with Crippen molar-refractivity contribution in [3.8, 4) is 5.75 Å². The number of aromatic hydroxyl groups is 1. The molecule has 1 saturated heterocycles. The number of phenolic OH excluding ortho intramolecular Hbond substituents is 1. The molecule has 0 radical (unpaired) electrons. The first-order chi connectivity index (χ1) is 10.2. The molecule has 9 heteroatoms. The normalized spacial score (nSPS) is 15.4. The van der Waals surface area contributed by atoms with Crippen LogP contribution in [0.3, 0.4) is 0 Å². The average molecular weight is 305 g/mol. The minimum atomic E-state index is -0.848. The van der Waals surface area contributed by atoms with Gasteiger partial charge in [0.1, 0.15) is 11.3 Å². The lowest BCUT2D eigenvalue weighted by Crippen LogP contribution is -2.52. The first-order valence-electron chi connectivity index (χ1n) is 6.03. The van der Waals surface area contributed by atoms with Gasteiger partial charge in [0.05, 0.1) is 4.92 Å². The van der Waals surface area contributed by atoms with Gasteiger partial charge in [-0.05, 0) is 12.1 Å². The summed E-state index contributed by atoms with van der Waals surface area (Å²) < 4.78 is 0. The number of non-ortho nitro benzene ring substituents is 1. The lowest BCUT2D eigenvalue weighted by atomic mass is 10.1. The Bertz CT molecular complexity index is 713. The number of urea groups is 1. The van der Waals surface area contributed by atoms with Crippen LogP contribution < -0.4 is 0 Å². The zero-order valence-electron chi connectivity index (χ0n) is 11.6. The Kier molecular flexibility index (Phi) is 3.64. The molecule has 0 saturated carbocycles. The fourth-order valence-corrected chi connectivity index (χ4v) is 1.90. The van der Waals surface area contributed by atoms with Gasteiger partial charge >= 0.3 is 6.03 Å². The molecule has 2 rings (SSSR count). The number of amides is 4. The summed E-state index contributed by atoms with van der Waals surface area (Å²) in [4.78, 5) is 47.1. The number of barbiturate groups is 1. The van der Waals surface area contributed by atoms with Crippen molar-refractivity contribution >= 4 is 29.6 Å². The number of rotatable bonds is 2. The molecule has 22 heavy (non-hydrogen) atoms. The predicted molar refractivity (Wildman–Crippen MR) is 73.7 cm³/mol. The highest BCUT2D eigenvalue weighted by atomic mass is 16.6. The third-order valence-corrected chi connectivity index (χ3v) is 3.17. The Labute approximate surface area is 124 Å². The molecule has 9 nitrogen and oxygen atoms in total. The number of carbonyl (C=O) groups is 3. The van der Waals surface area contributed by atoms with E-state index < -0.39 is 22.8 Å². The number of benzene rings is 1. The molecule has 4 amide bonds. The van der Waals surface area contributed by atoms with Gasteiger partial charge in [0.25, 0.3) is 17.5 Å². The van der Waals surface area contributed by atoms with Crippen molar-refractivity contribution in [2.24, 2.45) is 0 Å². The van der Waals surface area contributed by atoms with Crippen LogP contribution in [0.1, 0.15) is 5.56 Å². The average Bonchev–Trinajstić information content (AvgIpc) is 2.49. The number of nitro groups is 1. The van der Waals surface area contributed by atoms with Crippen molar-refractivity contribution in [2.75, 3.05) is 14.1 Å². The van der Waals surface area contributed by atoms with Crippen LogP contribution in [0.15, 0.2) is 23.8 Å². The lowest BCUT2D eigenvalue weighted by molar-refractivity contribution is -0.384. The molecule has 1 fully saturated rings. The van der Waals surface area contributed by atoms with E-state index in [0.29, 0.717) is 0 Å². The molecule has 1 aliphatic heterocycles. The largest absolute Gasteiger partial charge is 0.507 e. The van der Waals surface area contributed by atoms with Gasteiger partial charge in [-0.2, -0.15) is 0 Å². The number of carbonyl (C=O) groups excluding carboxylic acids is 3. The van der Waals surface area contributed by atoms with Crippen LogP contribution in [-0.2, 0) is 9.59 Å². The van der Waals surface area contributed by atoms with E-state index >= 15 is 0 Å². The molecule has 1 aromatic rings. The highest BCUT2D eigenvalue weighted by Crippen LogP contribution is 2.27. The van der Waals surface area contributed by atoms with Crippen LogP contribution in [0.4, 0.5) is 10.5 Å². The van der Waals surface area contributed by atoms with Crippen LogP contribution >= 0.6 is 0 Å². The van der Waals surface area contributed by atoms with Crippen LogP contribution in [0, 0.1) is 10.1 Å². The van der Waals surface area contributed by atoms with Gasteiger partial charge in [-0.25, -0.2) is 4.79 Å². The standard InChI is InChI=1S/C13H11N3O6/c1-14-11(18)9(12(19)15(2)13(14)20)6-7-5-8(16(21)22)3-4-10(7)17/h3-6,17H,1-2H3. The number of likely N-dealkylation sites (N-methyl/N-ethyl adjacent to an activating group) is 2. The zero-order chi connectivity index (χ0) is 16.6. The first kappa shape index (κ1) is 15.2. The molecule has 0 aromatic heterocycles. The molecule has 0 atom stereocenters. The molecular formula is C13H11N3O6. The molecule has 0 aliphatic carbocycles. The molecule has 1 heterocycles. The van der Waals surface area contributed by atoms with E-state index in [2.05, 4.69) is 0 Å². The summed E-state index contributed by atoms with van der Waals surface area (Å²) in [6.07, 6.45) is 1.02. The molecular weight excluding hydrogens is 294 g/mol. The molecule has 114 valence electrons. The summed E-state index contributed by atoms with van der Waals surface area (Å²) in [5.74, 6) is -2.03. The third-order valence-electron chi connectivity index (χ3n) is 3.17. The van der Waals surface area contributed by atoms with E-state index in [1.54, 1.807) is 0 Å². The Morgan fingerprint density at radius 3 is 2.18 bits per heavy atom. The number of phenols is 1. The van der Waals surface area contributed by atoms with E-state index in [1.807, 2.05) is 0 Å². The fraction of sp³-hybridized carbons (Fsp3) is 0.154. The zero-order valence-corrected chi connectivity index (χ0v) is 11.6. The minimum Gasteiger partial charge on any atom is -0.507 e. The minimum absolute atomic E-state index is 0.0675. The van der Waals surface area contributed by atoms with Gasteiger partial charge < -0.3 is 5.11 Å².